The highest BCUT2D eigenvalue weighted by atomic mass is 35.9. The van der Waals surface area contributed by atoms with Gasteiger partial charge in [-0.15, -0.1) is 0 Å². The Kier molecular flexibility index (Phi) is 23.3. The molecule has 18 nitrogen and oxygen atoms in total. The molecule has 0 aromatic carbocycles. The summed E-state index contributed by atoms with van der Waals surface area (Å²) < 4.78 is 84.5. The fraction of sp³-hybridized carbons (Fsp3) is 1.00. The van der Waals surface area contributed by atoms with Crippen LogP contribution < -0.4 is 10.2 Å². The van der Waals surface area contributed by atoms with Crippen molar-refractivity contribution in [2.24, 2.45) is 27.1 Å². The Labute approximate surface area is 347 Å². The highest BCUT2D eigenvalue weighted by Gasteiger charge is 2.38. The van der Waals surface area contributed by atoms with Crippen LogP contribution >= 0.6 is 108 Å². The summed E-state index contributed by atoms with van der Waals surface area (Å²) in [7, 11) is -6.23. The van der Waals surface area contributed by atoms with Gasteiger partial charge in [0.25, 0.3) is 27.0 Å². The third kappa shape index (κ3) is 19.6. The standard InChI is InChI=1S/C24H50Cl6N8O10P6/c25-49(26)33-51(29)37-53(35-49,47-23-19-43-15-11-39-9-13-41-17-21-45-51)31-7-5-3-1-2-4-6-8-32-54-36-50(27,28)34-52(30,38-54)46-22-18-42-14-10-40-12-16-44-20-24-48-54/h31-32H,1-24H2. The van der Waals surface area contributed by atoms with Crippen LogP contribution in [0.2, 0.25) is 0 Å². The number of unbranched alkanes of at least 4 members (excludes halogenated alkanes) is 5. The first-order valence-electron chi connectivity index (χ1n) is 17.4. The van der Waals surface area contributed by atoms with Crippen molar-refractivity contribution in [3.05, 3.63) is 0 Å². The maximum atomic E-state index is 6.78. The summed E-state index contributed by atoms with van der Waals surface area (Å²) in [5.74, 6) is -6.46. The Balaban J connectivity index is 1.26. The second-order valence-corrected chi connectivity index (χ2v) is 32.6. The molecule has 0 fully saturated rings. The summed E-state index contributed by atoms with van der Waals surface area (Å²) in [5, 5.41) is 6.72. The van der Waals surface area contributed by atoms with E-state index < -0.39 is 40.6 Å². The van der Waals surface area contributed by atoms with Gasteiger partial charge in [0.15, 0.2) is 0 Å². The molecular formula is C24H50Cl6N8O10P6. The summed E-state index contributed by atoms with van der Waals surface area (Å²) in [6.07, 6.45) is 5.49. The highest BCUT2D eigenvalue weighted by molar-refractivity contribution is 8.15. The minimum atomic E-state index is -3.27. The molecule has 4 heterocycles. The van der Waals surface area contributed by atoms with E-state index >= 15 is 0 Å². The van der Waals surface area contributed by atoms with Gasteiger partial charge in [-0.05, 0) is 80.3 Å². The highest BCUT2D eigenvalue weighted by Crippen LogP contribution is 2.84. The Morgan fingerprint density at radius 3 is 0.944 bits per heavy atom. The van der Waals surface area contributed by atoms with Crippen LogP contribution in [0.5, 0.6) is 0 Å². The molecule has 4 unspecified atom stereocenters. The summed E-state index contributed by atoms with van der Waals surface area (Å²) in [4.78, 5) is 0. The first-order valence-corrected chi connectivity index (χ1v) is 32.7. The van der Waals surface area contributed by atoms with Gasteiger partial charge >= 0.3 is 13.6 Å². The maximum absolute atomic E-state index is 6.78. The van der Waals surface area contributed by atoms with Gasteiger partial charge in [-0.2, -0.15) is 27.1 Å². The predicted molar refractivity (Wildman–Crippen MR) is 224 cm³/mol. The van der Waals surface area contributed by atoms with E-state index in [2.05, 4.69) is 28.2 Å². The molecule has 4 aliphatic rings. The molecule has 0 aliphatic carbocycles. The van der Waals surface area contributed by atoms with E-state index in [0.29, 0.717) is 79.2 Å². The van der Waals surface area contributed by atoms with E-state index in [0.717, 1.165) is 38.5 Å². The van der Waals surface area contributed by atoms with Crippen molar-refractivity contribution in [1.82, 2.24) is 10.2 Å². The molecule has 0 spiro atoms. The van der Waals surface area contributed by atoms with Gasteiger partial charge in [0.05, 0.1) is 106 Å². The van der Waals surface area contributed by atoms with Crippen molar-refractivity contribution in [2.45, 2.75) is 38.5 Å². The molecule has 0 amide bonds. The van der Waals surface area contributed by atoms with Crippen LogP contribution in [0, 0.1) is 0 Å². The summed E-state index contributed by atoms with van der Waals surface area (Å²) in [5.41, 5.74) is 0. The van der Waals surface area contributed by atoms with Crippen LogP contribution in [0.4, 0.5) is 0 Å². The van der Waals surface area contributed by atoms with Gasteiger partial charge in [0.2, 0.25) is 0 Å². The Bertz CT molecular complexity index is 1400. The zero-order chi connectivity index (χ0) is 38.7. The lowest BCUT2D eigenvalue weighted by Crippen LogP contribution is -2.17. The van der Waals surface area contributed by atoms with Crippen LogP contribution in [0.1, 0.15) is 38.5 Å². The van der Waals surface area contributed by atoms with E-state index in [1.807, 2.05) is 0 Å². The molecule has 0 saturated carbocycles. The number of rotatable bonds is 11. The largest absolute Gasteiger partial charge is 0.377 e. The SMILES string of the molecule is ClP1(Cl)=NP2(Cl)=NP(NCCCCCCCCNP34=NP(Cl)(Cl)=NP(Cl)(=N3)OCCOCCOCCOCCO4)(=N1)OCCOCCOCCOCCO2. The van der Waals surface area contributed by atoms with E-state index in [1.54, 1.807) is 0 Å². The van der Waals surface area contributed by atoms with Crippen molar-refractivity contribution in [2.75, 3.05) is 119 Å². The average Bonchev–Trinajstić information content (AvgIpc) is 3.07. The predicted octanol–water partition coefficient (Wildman–Crippen LogP) is 11.8. The summed E-state index contributed by atoms with van der Waals surface area (Å²) in [6.45, 7) is -0.269. The molecule has 4 rings (SSSR count). The molecule has 318 valence electrons. The molecule has 0 radical (unpaired) electrons. The molecule has 4 aliphatic heterocycles. The number of hydrogen-bond donors (Lipinski definition) is 2. The second-order valence-electron chi connectivity index (χ2n) is 11.4. The minimum absolute atomic E-state index is 0.150. The van der Waals surface area contributed by atoms with Crippen molar-refractivity contribution in [1.29, 1.82) is 0 Å². The molecule has 0 aromatic rings. The van der Waals surface area contributed by atoms with Crippen LogP contribution in [0.25, 0.3) is 0 Å². The van der Waals surface area contributed by atoms with Crippen LogP contribution in [0.3, 0.4) is 0 Å². The van der Waals surface area contributed by atoms with E-state index in [9.17, 15) is 0 Å². The van der Waals surface area contributed by atoms with Crippen molar-refractivity contribution >= 4 is 108 Å². The molecule has 0 saturated heterocycles. The van der Waals surface area contributed by atoms with Gasteiger partial charge in [-0.1, -0.05) is 25.7 Å². The Hall–Kier alpha value is 2.64. The number of halogens is 6. The zero-order valence-corrected chi connectivity index (χ0v) is 39.6. The summed E-state index contributed by atoms with van der Waals surface area (Å²) in [6, 6.07) is 0. The lowest BCUT2D eigenvalue weighted by molar-refractivity contribution is 0.00554. The number of fused-ring (bicyclic) bond motifs is 2. The van der Waals surface area contributed by atoms with E-state index in [1.165, 1.54) is 0 Å². The lowest BCUT2D eigenvalue weighted by Gasteiger charge is -2.29. The van der Waals surface area contributed by atoms with Crippen molar-refractivity contribution in [3.63, 3.8) is 0 Å². The third-order valence-electron chi connectivity index (χ3n) is 7.05. The monoisotopic (exact) mass is 1010 g/mol. The van der Waals surface area contributed by atoms with Gasteiger partial charge in [-0.25, -0.2) is 10.2 Å². The van der Waals surface area contributed by atoms with Crippen molar-refractivity contribution < 1.29 is 46.5 Å². The maximum Gasteiger partial charge on any atom is 0.300 e. The third-order valence-corrected chi connectivity index (χ3v) is 29.2. The van der Waals surface area contributed by atoms with Gasteiger partial charge in [-0.3, -0.25) is 0 Å². The van der Waals surface area contributed by atoms with Crippen LogP contribution in [0.15, 0.2) is 27.1 Å². The molecule has 4 bridgehead atoms. The zero-order valence-electron chi connectivity index (χ0n) is 29.7. The number of ether oxygens (including phenoxy) is 6. The van der Waals surface area contributed by atoms with E-state index in [-0.39, 0.29) is 39.6 Å². The van der Waals surface area contributed by atoms with Gasteiger partial charge < -0.3 is 46.5 Å². The molecule has 2 N–H and O–H groups in total. The van der Waals surface area contributed by atoms with Crippen LogP contribution in [-0.2, 0) is 46.5 Å². The minimum Gasteiger partial charge on any atom is -0.377 e. The Morgan fingerprint density at radius 1 is 0.333 bits per heavy atom. The number of hydrogen-bond acceptors (Lipinski definition) is 18. The normalized spacial score (nSPS) is 33.7. The first-order chi connectivity index (χ1) is 25.9. The van der Waals surface area contributed by atoms with Crippen molar-refractivity contribution in [3.8, 4) is 0 Å². The average molecular weight is 1010 g/mol. The summed E-state index contributed by atoms with van der Waals surface area (Å²) >= 11 is 39.8. The number of nitrogens with zero attached hydrogens (tertiary/aromatic N) is 6. The second kappa shape index (κ2) is 25.5. The lowest BCUT2D eigenvalue weighted by atomic mass is 10.1. The molecule has 30 heteroatoms. The first kappa shape index (κ1) is 49.3. The number of nitrogens with one attached hydrogen (secondary N) is 2. The Morgan fingerprint density at radius 2 is 0.611 bits per heavy atom. The van der Waals surface area contributed by atoms with E-state index in [4.69, 9.17) is 123 Å². The molecule has 0 aromatic heterocycles. The molecular weight excluding hydrogens is 959 g/mol. The van der Waals surface area contributed by atoms with Gasteiger partial charge in [0.1, 0.15) is 0 Å². The van der Waals surface area contributed by atoms with Gasteiger partial charge in [0, 0.05) is 13.1 Å². The topological polar surface area (TPSA) is 191 Å². The van der Waals surface area contributed by atoms with Crippen LogP contribution in [-0.4, -0.2) is 119 Å². The fourth-order valence-electron chi connectivity index (χ4n) is 4.75. The molecule has 4 atom stereocenters. The molecule has 54 heavy (non-hydrogen) atoms. The quantitative estimate of drug-likeness (QED) is 0.147. The smallest absolute Gasteiger partial charge is 0.300 e. The fourth-order valence-corrected chi connectivity index (χ4v) is 31.1.